The first-order chi connectivity index (χ1) is 15.6. The predicted octanol–water partition coefficient (Wildman–Crippen LogP) is 3.39. The van der Waals surface area contributed by atoms with E-state index in [1.807, 2.05) is 13.8 Å². The number of benzene rings is 1. The molecular formula is C23H24N2O7S. The number of hydrogen-bond donors (Lipinski definition) is 1. The van der Waals surface area contributed by atoms with Crippen LogP contribution >= 0.6 is 11.3 Å². The fourth-order valence-electron chi connectivity index (χ4n) is 3.70. The van der Waals surface area contributed by atoms with Crippen LogP contribution in [-0.4, -0.2) is 36.2 Å². The SMILES string of the molecule is COC(=O)Cc1csc(NC(=O)COc2cc3c(c4oc(=O)cc(C)c24)CCC(C)(C)O3)n1. The van der Waals surface area contributed by atoms with Gasteiger partial charge in [0.25, 0.3) is 5.91 Å². The van der Waals surface area contributed by atoms with E-state index < -0.39 is 17.5 Å². The number of fused-ring (bicyclic) bond motifs is 3. The van der Waals surface area contributed by atoms with Crippen molar-refractivity contribution in [2.24, 2.45) is 0 Å². The van der Waals surface area contributed by atoms with Gasteiger partial charge < -0.3 is 18.6 Å². The summed E-state index contributed by atoms with van der Waals surface area (Å²) in [4.78, 5) is 40.1. The van der Waals surface area contributed by atoms with Crippen molar-refractivity contribution >= 4 is 39.3 Å². The number of thiazole rings is 1. The molecule has 9 nitrogen and oxygen atoms in total. The molecule has 4 rings (SSSR count). The number of methoxy groups -OCH3 is 1. The van der Waals surface area contributed by atoms with Gasteiger partial charge in [-0.2, -0.15) is 0 Å². The zero-order valence-electron chi connectivity index (χ0n) is 18.8. The van der Waals surface area contributed by atoms with E-state index in [2.05, 4.69) is 15.0 Å². The van der Waals surface area contributed by atoms with Crippen LogP contribution in [0, 0.1) is 6.92 Å². The van der Waals surface area contributed by atoms with E-state index in [9.17, 15) is 14.4 Å². The van der Waals surface area contributed by atoms with E-state index in [4.69, 9.17) is 13.9 Å². The largest absolute Gasteiger partial charge is 0.487 e. The average molecular weight is 473 g/mol. The summed E-state index contributed by atoms with van der Waals surface area (Å²) in [5, 5.41) is 5.32. The smallest absolute Gasteiger partial charge is 0.336 e. The molecule has 0 unspecified atom stereocenters. The lowest BCUT2D eigenvalue weighted by Crippen LogP contribution is -2.32. The highest BCUT2D eigenvalue weighted by Crippen LogP contribution is 2.42. The van der Waals surface area contributed by atoms with Crippen LogP contribution in [0.2, 0.25) is 0 Å². The van der Waals surface area contributed by atoms with Crippen molar-refractivity contribution in [1.82, 2.24) is 4.98 Å². The van der Waals surface area contributed by atoms with E-state index in [1.165, 1.54) is 24.5 Å². The number of nitrogens with zero attached hydrogens (tertiary/aromatic N) is 1. The Morgan fingerprint density at radius 2 is 2.09 bits per heavy atom. The number of amides is 1. The van der Waals surface area contributed by atoms with Crippen LogP contribution in [-0.2, 0) is 27.2 Å². The molecule has 1 aromatic carbocycles. The molecule has 0 bridgehead atoms. The Bertz CT molecular complexity index is 1290. The van der Waals surface area contributed by atoms with E-state index in [-0.39, 0.29) is 18.6 Å². The molecule has 174 valence electrons. The molecule has 0 spiro atoms. The first-order valence-corrected chi connectivity index (χ1v) is 11.3. The number of aryl methyl sites for hydroxylation is 2. The summed E-state index contributed by atoms with van der Waals surface area (Å²) in [6.07, 6.45) is 1.51. The molecular weight excluding hydrogens is 448 g/mol. The van der Waals surface area contributed by atoms with E-state index >= 15 is 0 Å². The van der Waals surface area contributed by atoms with Gasteiger partial charge >= 0.3 is 11.6 Å². The number of anilines is 1. The Kier molecular flexibility index (Phi) is 6.11. The van der Waals surface area contributed by atoms with Crippen LogP contribution in [0.3, 0.4) is 0 Å². The van der Waals surface area contributed by atoms with Crippen LogP contribution in [0.15, 0.2) is 26.7 Å². The maximum absolute atomic E-state index is 12.5. The summed E-state index contributed by atoms with van der Waals surface area (Å²) in [5.41, 5.74) is 1.63. The van der Waals surface area contributed by atoms with Crippen molar-refractivity contribution in [1.29, 1.82) is 0 Å². The molecule has 2 aromatic heterocycles. The van der Waals surface area contributed by atoms with Gasteiger partial charge in [0.2, 0.25) is 0 Å². The molecule has 0 fully saturated rings. The summed E-state index contributed by atoms with van der Waals surface area (Å²) < 4.78 is 22.1. The van der Waals surface area contributed by atoms with Crippen LogP contribution in [0.1, 0.15) is 37.1 Å². The van der Waals surface area contributed by atoms with Crippen molar-refractivity contribution < 1.29 is 28.2 Å². The van der Waals surface area contributed by atoms with Crippen molar-refractivity contribution in [2.75, 3.05) is 19.0 Å². The number of esters is 1. The monoisotopic (exact) mass is 472 g/mol. The van der Waals surface area contributed by atoms with Gasteiger partial charge in [0, 0.05) is 23.1 Å². The van der Waals surface area contributed by atoms with E-state index in [0.717, 1.165) is 12.0 Å². The highest BCUT2D eigenvalue weighted by atomic mass is 32.1. The van der Waals surface area contributed by atoms with Gasteiger partial charge in [-0.15, -0.1) is 11.3 Å². The molecule has 1 N–H and O–H groups in total. The molecule has 1 aliphatic heterocycles. The molecule has 0 atom stereocenters. The average Bonchev–Trinajstić information content (AvgIpc) is 3.17. The van der Waals surface area contributed by atoms with Crippen LogP contribution in [0.5, 0.6) is 11.5 Å². The molecule has 0 aliphatic carbocycles. The molecule has 0 saturated carbocycles. The van der Waals surface area contributed by atoms with Crippen molar-refractivity contribution in [3.63, 3.8) is 0 Å². The summed E-state index contributed by atoms with van der Waals surface area (Å²) in [6.45, 7) is 5.48. The summed E-state index contributed by atoms with van der Waals surface area (Å²) >= 11 is 1.20. The Morgan fingerprint density at radius 1 is 1.30 bits per heavy atom. The second kappa shape index (κ2) is 8.86. The highest BCUT2D eigenvalue weighted by Gasteiger charge is 2.30. The van der Waals surface area contributed by atoms with Crippen molar-refractivity contribution in [2.45, 2.75) is 45.6 Å². The molecule has 1 amide bonds. The normalized spacial score (nSPS) is 14.3. The Balaban J connectivity index is 1.55. The third-order valence-electron chi connectivity index (χ3n) is 5.31. The Hall–Kier alpha value is -3.40. The van der Waals surface area contributed by atoms with E-state index in [0.29, 0.717) is 45.3 Å². The number of rotatable bonds is 6. The van der Waals surface area contributed by atoms with Crippen LogP contribution < -0.4 is 20.4 Å². The molecule has 3 aromatic rings. The minimum Gasteiger partial charge on any atom is -0.487 e. The lowest BCUT2D eigenvalue weighted by atomic mass is 9.92. The summed E-state index contributed by atoms with van der Waals surface area (Å²) in [6, 6.07) is 3.14. The predicted molar refractivity (Wildman–Crippen MR) is 122 cm³/mol. The number of aromatic nitrogens is 1. The third-order valence-corrected chi connectivity index (χ3v) is 6.12. The van der Waals surface area contributed by atoms with Gasteiger partial charge in [0.15, 0.2) is 11.7 Å². The highest BCUT2D eigenvalue weighted by molar-refractivity contribution is 7.13. The topological polar surface area (TPSA) is 117 Å². The van der Waals surface area contributed by atoms with E-state index in [1.54, 1.807) is 18.4 Å². The number of carbonyl (C=O) groups excluding carboxylic acids is 2. The van der Waals surface area contributed by atoms with Gasteiger partial charge in [-0.05, 0) is 39.2 Å². The van der Waals surface area contributed by atoms with Gasteiger partial charge in [0.1, 0.15) is 22.7 Å². The Labute approximate surface area is 193 Å². The standard InChI is InChI=1S/C23H24N2O7S/c1-12-7-19(28)31-21-14-5-6-23(2,3)32-15(14)9-16(20(12)21)30-10-17(26)25-22-24-13(11-33-22)8-18(27)29-4/h7,9,11H,5-6,8,10H2,1-4H3,(H,24,25,26). The zero-order valence-corrected chi connectivity index (χ0v) is 19.6. The van der Waals surface area contributed by atoms with Crippen LogP contribution in [0.25, 0.3) is 11.0 Å². The second-order valence-electron chi connectivity index (χ2n) is 8.40. The summed E-state index contributed by atoms with van der Waals surface area (Å²) in [5.74, 6) is 0.142. The van der Waals surface area contributed by atoms with Gasteiger partial charge in [-0.25, -0.2) is 9.78 Å². The quantitative estimate of drug-likeness (QED) is 0.429. The molecule has 0 radical (unpaired) electrons. The van der Waals surface area contributed by atoms with Gasteiger partial charge in [0.05, 0.1) is 24.6 Å². The molecule has 33 heavy (non-hydrogen) atoms. The second-order valence-corrected chi connectivity index (χ2v) is 9.26. The fraction of sp³-hybridized carbons (Fsp3) is 0.391. The minimum absolute atomic E-state index is 0.0291. The number of ether oxygens (including phenoxy) is 3. The summed E-state index contributed by atoms with van der Waals surface area (Å²) in [7, 11) is 1.30. The maximum Gasteiger partial charge on any atom is 0.336 e. The van der Waals surface area contributed by atoms with Crippen molar-refractivity contribution in [3.05, 3.63) is 44.8 Å². The van der Waals surface area contributed by atoms with Crippen LogP contribution in [0.4, 0.5) is 5.13 Å². The molecule has 3 heterocycles. The fourth-order valence-corrected chi connectivity index (χ4v) is 4.43. The number of nitrogens with one attached hydrogen (secondary N) is 1. The van der Waals surface area contributed by atoms with Gasteiger partial charge in [-0.1, -0.05) is 0 Å². The van der Waals surface area contributed by atoms with Crippen molar-refractivity contribution in [3.8, 4) is 11.5 Å². The number of carbonyl (C=O) groups is 2. The first kappa shape index (κ1) is 22.8. The third kappa shape index (κ3) is 5.00. The minimum atomic E-state index is -0.451. The maximum atomic E-state index is 12.5. The molecule has 1 aliphatic rings. The number of hydrogen-bond acceptors (Lipinski definition) is 9. The first-order valence-electron chi connectivity index (χ1n) is 10.4. The zero-order chi connectivity index (χ0) is 23.8. The Morgan fingerprint density at radius 3 is 2.85 bits per heavy atom. The lowest BCUT2D eigenvalue weighted by Gasteiger charge is -2.33. The lowest BCUT2D eigenvalue weighted by molar-refractivity contribution is -0.139. The molecule has 0 saturated heterocycles. The molecule has 10 heteroatoms. The van der Waals surface area contributed by atoms with Gasteiger partial charge in [-0.3, -0.25) is 14.9 Å².